The minimum atomic E-state index is -5.28. The van der Waals surface area contributed by atoms with Crippen LogP contribution in [0.3, 0.4) is 0 Å². The second kappa shape index (κ2) is 9.68. The lowest BCUT2D eigenvalue weighted by Crippen LogP contribution is -2.39. The van der Waals surface area contributed by atoms with Crippen LogP contribution in [0.1, 0.15) is 27.4 Å². The van der Waals surface area contributed by atoms with Crippen LogP contribution >= 0.6 is 15.9 Å². The van der Waals surface area contributed by atoms with Crippen LogP contribution in [0.15, 0.2) is 71.2 Å². The van der Waals surface area contributed by atoms with Crippen LogP contribution in [0.2, 0.25) is 0 Å². The van der Waals surface area contributed by atoms with Crippen LogP contribution in [0, 0.1) is 0 Å². The highest BCUT2D eigenvalue weighted by molar-refractivity contribution is 9.10. The Kier molecular flexibility index (Phi) is 6.95. The van der Waals surface area contributed by atoms with E-state index in [2.05, 4.69) is 20.7 Å². The summed E-state index contributed by atoms with van der Waals surface area (Å²) in [5, 5.41) is 0. The number of esters is 2. The lowest BCUT2D eigenvalue weighted by atomic mass is 9.97. The van der Waals surface area contributed by atoms with Crippen LogP contribution in [-0.4, -0.2) is 42.9 Å². The van der Waals surface area contributed by atoms with E-state index in [-0.39, 0.29) is 0 Å². The maximum atomic E-state index is 13.3. The fourth-order valence-electron chi connectivity index (χ4n) is 3.91. The van der Waals surface area contributed by atoms with Crippen LogP contribution in [0.5, 0.6) is 5.75 Å². The Hall–Kier alpha value is -3.22. The van der Waals surface area contributed by atoms with Crippen LogP contribution in [0.4, 0.5) is 13.2 Å². The molecule has 1 aliphatic carbocycles. The summed E-state index contributed by atoms with van der Waals surface area (Å²) in [6.07, 6.45) is -8.42. The molecule has 1 atom stereocenters. The highest BCUT2D eigenvalue weighted by atomic mass is 79.9. The first-order valence-electron chi connectivity index (χ1n) is 10.3. The Bertz CT molecular complexity index is 1410. The van der Waals surface area contributed by atoms with E-state index in [0.717, 1.165) is 17.2 Å². The first kappa shape index (κ1) is 25.9. The summed E-state index contributed by atoms with van der Waals surface area (Å²) in [5.74, 6) is -5.52. The fraction of sp³-hybridized carbons (Fsp3) is 0.167. The van der Waals surface area contributed by atoms with Gasteiger partial charge in [0, 0.05) is 4.47 Å². The zero-order valence-corrected chi connectivity index (χ0v) is 20.4. The van der Waals surface area contributed by atoms with Gasteiger partial charge >= 0.3 is 18.1 Å². The molecule has 0 aromatic heterocycles. The molecule has 3 aromatic rings. The number of rotatable bonds is 6. The predicted molar refractivity (Wildman–Crippen MR) is 125 cm³/mol. The second-order valence-electron chi connectivity index (χ2n) is 7.85. The summed E-state index contributed by atoms with van der Waals surface area (Å²) in [5.41, 5.74) is 2.42. The molecule has 0 amide bonds. The van der Waals surface area contributed by atoms with E-state index in [1.165, 1.54) is 12.1 Å². The van der Waals surface area contributed by atoms with Gasteiger partial charge in [-0.3, -0.25) is 9.35 Å². The van der Waals surface area contributed by atoms with Gasteiger partial charge < -0.3 is 9.47 Å². The summed E-state index contributed by atoms with van der Waals surface area (Å²) in [7, 11) is -5.13. The van der Waals surface area contributed by atoms with E-state index >= 15 is 0 Å². The quantitative estimate of drug-likeness (QED) is 0.243. The molecule has 1 N–H and O–H groups in total. The average Bonchev–Trinajstić information content (AvgIpc) is 3.12. The van der Waals surface area contributed by atoms with Gasteiger partial charge in [0.1, 0.15) is 23.0 Å². The normalized spacial score (nSPS) is 14.0. The van der Waals surface area contributed by atoms with E-state index < -0.39 is 57.3 Å². The van der Waals surface area contributed by atoms with Gasteiger partial charge in [0.2, 0.25) is 6.10 Å². The van der Waals surface area contributed by atoms with Crippen molar-refractivity contribution < 1.29 is 45.2 Å². The fourth-order valence-corrected chi connectivity index (χ4v) is 4.89. The first-order valence-corrected chi connectivity index (χ1v) is 12.7. The van der Waals surface area contributed by atoms with Crippen molar-refractivity contribution in [1.29, 1.82) is 0 Å². The molecular weight excluding hydrogens is 569 g/mol. The number of alkyl halides is 3. The molecule has 0 fully saturated rings. The zero-order valence-electron chi connectivity index (χ0n) is 18.0. The predicted octanol–water partition coefficient (Wildman–Crippen LogP) is 5.14. The average molecular weight is 585 g/mol. The summed E-state index contributed by atoms with van der Waals surface area (Å²) >= 11 is 3.16. The maximum absolute atomic E-state index is 13.3. The lowest BCUT2D eigenvalue weighted by Gasteiger charge is -2.20. The van der Waals surface area contributed by atoms with Gasteiger partial charge in [0.15, 0.2) is 0 Å². The van der Waals surface area contributed by atoms with Crippen molar-refractivity contribution in [3.63, 3.8) is 0 Å². The molecule has 0 aliphatic heterocycles. The molecule has 7 nitrogen and oxygen atoms in total. The number of carbonyl (C=O) groups is 2. The van der Waals surface area contributed by atoms with Crippen molar-refractivity contribution in [1.82, 2.24) is 0 Å². The maximum Gasteiger partial charge on any atom is 0.426 e. The molecule has 36 heavy (non-hydrogen) atoms. The van der Waals surface area contributed by atoms with Crippen molar-refractivity contribution in [2.45, 2.75) is 18.2 Å². The third-order valence-electron chi connectivity index (χ3n) is 5.42. The van der Waals surface area contributed by atoms with Gasteiger partial charge in [-0.05, 0) is 40.5 Å². The smallest absolute Gasteiger partial charge is 0.426 e. The Balaban J connectivity index is 1.65. The summed E-state index contributed by atoms with van der Waals surface area (Å²) in [6, 6.07) is 17.9. The minimum absolute atomic E-state index is 0.347. The van der Waals surface area contributed by atoms with E-state index in [1.807, 2.05) is 24.3 Å². The Labute approximate surface area is 211 Å². The van der Waals surface area contributed by atoms with Crippen molar-refractivity contribution in [2.24, 2.45) is 0 Å². The number of benzene rings is 3. The summed E-state index contributed by atoms with van der Waals surface area (Å²) in [4.78, 5) is 25.9. The standard InChI is InChI=1S/C24H16BrF3O7S/c25-13-9-10-18(22(29)35-20(24(26,27)28)12-36(31,32)33)19(11-13)34-23(30)21-16-7-3-1-5-14(16)15-6-2-4-8-17(15)21/h1-11,20-21H,12H2,(H,31,32,33). The van der Waals surface area contributed by atoms with Crippen LogP contribution < -0.4 is 4.74 Å². The Morgan fingerprint density at radius 3 is 2.06 bits per heavy atom. The van der Waals surface area contributed by atoms with Crippen LogP contribution in [-0.2, 0) is 19.6 Å². The van der Waals surface area contributed by atoms with Crippen molar-refractivity contribution in [3.05, 3.63) is 87.9 Å². The Morgan fingerprint density at radius 1 is 0.972 bits per heavy atom. The van der Waals surface area contributed by atoms with E-state index in [9.17, 15) is 31.2 Å². The minimum Gasteiger partial charge on any atom is -0.448 e. The lowest BCUT2D eigenvalue weighted by molar-refractivity contribution is -0.197. The molecule has 188 valence electrons. The largest absolute Gasteiger partial charge is 0.448 e. The van der Waals surface area contributed by atoms with Gasteiger partial charge in [-0.15, -0.1) is 0 Å². The van der Waals surface area contributed by atoms with Crippen molar-refractivity contribution >= 4 is 38.0 Å². The highest BCUT2D eigenvalue weighted by Crippen LogP contribution is 2.45. The molecule has 3 aromatic carbocycles. The number of carbonyl (C=O) groups excluding carboxylic acids is 2. The zero-order chi connectivity index (χ0) is 26.3. The topological polar surface area (TPSA) is 107 Å². The van der Waals surface area contributed by atoms with Gasteiger partial charge in [0.05, 0.1) is 0 Å². The number of ether oxygens (including phenoxy) is 2. The number of hydrogen-bond acceptors (Lipinski definition) is 6. The molecular formula is C24H16BrF3O7S. The van der Waals surface area contributed by atoms with Crippen molar-refractivity contribution in [3.8, 4) is 16.9 Å². The van der Waals surface area contributed by atoms with E-state index in [0.29, 0.717) is 15.6 Å². The molecule has 0 bridgehead atoms. The van der Waals surface area contributed by atoms with Gasteiger partial charge in [-0.2, -0.15) is 21.6 Å². The van der Waals surface area contributed by atoms with Gasteiger partial charge in [0.25, 0.3) is 10.1 Å². The highest BCUT2D eigenvalue weighted by Gasteiger charge is 2.46. The first-order chi connectivity index (χ1) is 16.8. The monoisotopic (exact) mass is 584 g/mol. The molecule has 1 unspecified atom stereocenters. The third-order valence-corrected chi connectivity index (χ3v) is 6.64. The van der Waals surface area contributed by atoms with Gasteiger partial charge in [-0.1, -0.05) is 64.5 Å². The molecule has 12 heteroatoms. The van der Waals surface area contributed by atoms with E-state index in [4.69, 9.17) is 9.29 Å². The second-order valence-corrected chi connectivity index (χ2v) is 10.3. The molecule has 0 heterocycles. The van der Waals surface area contributed by atoms with Crippen molar-refractivity contribution in [2.75, 3.05) is 5.75 Å². The SMILES string of the molecule is O=C(OC(CS(=O)(=O)O)C(F)(F)F)c1ccc(Br)cc1OC(=O)C1c2ccccc2-c2ccccc21. The third kappa shape index (κ3) is 5.45. The molecule has 0 saturated carbocycles. The number of hydrogen-bond donors (Lipinski definition) is 1. The number of halogens is 4. The van der Waals surface area contributed by atoms with E-state index in [1.54, 1.807) is 24.3 Å². The van der Waals surface area contributed by atoms with Crippen LogP contribution in [0.25, 0.3) is 11.1 Å². The molecule has 4 rings (SSSR count). The van der Waals surface area contributed by atoms with Gasteiger partial charge in [-0.25, -0.2) is 4.79 Å². The summed E-state index contributed by atoms with van der Waals surface area (Å²) < 4.78 is 80.8. The molecule has 0 spiro atoms. The Morgan fingerprint density at radius 2 is 1.53 bits per heavy atom. The molecule has 0 radical (unpaired) electrons. The number of fused-ring (bicyclic) bond motifs is 3. The summed E-state index contributed by atoms with van der Waals surface area (Å²) in [6.45, 7) is 0. The molecule has 0 saturated heterocycles. The molecule has 1 aliphatic rings.